The fraction of sp³-hybridized carbons (Fsp3) is 0.571. The van der Waals surface area contributed by atoms with Gasteiger partial charge in [-0.1, -0.05) is 37.6 Å². The van der Waals surface area contributed by atoms with Crippen LogP contribution in [0.15, 0.2) is 18.2 Å². The van der Waals surface area contributed by atoms with Gasteiger partial charge in [-0.25, -0.2) is 4.39 Å². The number of benzene rings is 1. The zero-order valence-electron chi connectivity index (χ0n) is 11.6. The molecule has 4 heteroatoms. The number of rotatable bonds is 6. The standard InChI is InChI=1S/C14H22ClFN2/c1-14(2,10-18(3)4)9-17-8-11-6-5-7-12(15)13(11)16/h5-7,17H,8-10H2,1-4H3. The number of nitrogens with one attached hydrogen (secondary N) is 1. The Kier molecular flexibility index (Phi) is 5.57. The summed E-state index contributed by atoms with van der Waals surface area (Å²) in [6.45, 7) is 6.70. The van der Waals surface area contributed by atoms with Gasteiger partial charge >= 0.3 is 0 Å². The third-order valence-electron chi connectivity index (χ3n) is 2.69. The molecule has 102 valence electrons. The summed E-state index contributed by atoms with van der Waals surface area (Å²) >= 11 is 5.74. The molecule has 1 aromatic carbocycles. The minimum Gasteiger partial charge on any atom is -0.312 e. The number of hydrogen-bond acceptors (Lipinski definition) is 2. The number of nitrogens with zero attached hydrogens (tertiary/aromatic N) is 1. The van der Waals surface area contributed by atoms with Gasteiger partial charge in [-0.15, -0.1) is 0 Å². The predicted octanol–water partition coefficient (Wildman–Crippen LogP) is 3.16. The van der Waals surface area contributed by atoms with E-state index in [4.69, 9.17) is 11.6 Å². The molecule has 0 radical (unpaired) electrons. The summed E-state index contributed by atoms with van der Waals surface area (Å²) < 4.78 is 13.7. The summed E-state index contributed by atoms with van der Waals surface area (Å²) in [5.41, 5.74) is 0.765. The molecule has 0 amide bonds. The van der Waals surface area contributed by atoms with Gasteiger partial charge < -0.3 is 10.2 Å². The van der Waals surface area contributed by atoms with E-state index >= 15 is 0 Å². The Morgan fingerprint density at radius 2 is 2.00 bits per heavy atom. The van der Waals surface area contributed by atoms with E-state index in [0.29, 0.717) is 12.1 Å². The molecule has 0 saturated heterocycles. The molecule has 0 spiro atoms. The third kappa shape index (κ3) is 4.92. The normalized spacial score (nSPS) is 12.2. The van der Waals surface area contributed by atoms with Crippen LogP contribution in [0.3, 0.4) is 0 Å². The van der Waals surface area contributed by atoms with Gasteiger partial charge in [-0.3, -0.25) is 0 Å². The highest BCUT2D eigenvalue weighted by Gasteiger charge is 2.18. The van der Waals surface area contributed by atoms with Crippen LogP contribution in [0.2, 0.25) is 5.02 Å². The maximum atomic E-state index is 13.7. The van der Waals surface area contributed by atoms with Crippen molar-refractivity contribution in [2.45, 2.75) is 20.4 Å². The van der Waals surface area contributed by atoms with Gasteiger partial charge in [0.1, 0.15) is 5.82 Å². The van der Waals surface area contributed by atoms with E-state index in [0.717, 1.165) is 13.1 Å². The number of hydrogen-bond donors (Lipinski definition) is 1. The Bertz CT molecular complexity index is 391. The molecule has 2 nitrogen and oxygen atoms in total. The lowest BCUT2D eigenvalue weighted by Gasteiger charge is -2.28. The van der Waals surface area contributed by atoms with E-state index in [1.165, 1.54) is 0 Å². The van der Waals surface area contributed by atoms with Gasteiger partial charge in [0.2, 0.25) is 0 Å². The molecule has 1 N–H and O–H groups in total. The second-order valence-electron chi connectivity index (χ2n) is 5.72. The van der Waals surface area contributed by atoms with Crippen molar-refractivity contribution >= 4 is 11.6 Å². The first kappa shape index (κ1) is 15.4. The molecular weight excluding hydrogens is 251 g/mol. The summed E-state index contributed by atoms with van der Waals surface area (Å²) in [6, 6.07) is 5.09. The van der Waals surface area contributed by atoms with Gasteiger partial charge in [0.15, 0.2) is 0 Å². The third-order valence-corrected chi connectivity index (χ3v) is 2.99. The Balaban J connectivity index is 2.49. The van der Waals surface area contributed by atoms with Crippen LogP contribution < -0.4 is 5.32 Å². The molecule has 1 aromatic rings. The molecule has 0 fully saturated rings. The molecule has 0 atom stereocenters. The predicted molar refractivity (Wildman–Crippen MR) is 75.5 cm³/mol. The molecule has 0 aliphatic rings. The highest BCUT2D eigenvalue weighted by molar-refractivity contribution is 6.30. The van der Waals surface area contributed by atoms with Crippen molar-refractivity contribution in [2.75, 3.05) is 27.2 Å². The van der Waals surface area contributed by atoms with Crippen LogP contribution in [-0.4, -0.2) is 32.1 Å². The molecule has 0 aliphatic heterocycles. The van der Waals surface area contributed by atoms with E-state index in [1.807, 2.05) is 0 Å². The van der Waals surface area contributed by atoms with E-state index in [1.54, 1.807) is 18.2 Å². The lowest BCUT2D eigenvalue weighted by Crippen LogP contribution is -2.37. The summed E-state index contributed by atoms with van der Waals surface area (Å²) in [4.78, 5) is 2.15. The molecule has 1 rings (SSSR count). The second-order valence-corrected chi connectivity index (χ2v) is 6.13. The minimum absolute atomic E-state index is 0.151. The Morgan fingerprint density at radius 1 is 1.33 bits per heavy atom. The average molecular weight is 273 g/mol. The topological polar surface area (TPSA) is 15.3 Å². The van der Waals surface area contributed by atoms with E-state index in [2.05, 4.69) is 38.2 Å². The van der Waals surface area contributed by atoms with Crippen LogP contribution in [0.25, 0.3) is 0 Å². The Labute approximate surface area is 114 Å². The van der Waals surface area contributed by atoms with Gasteiger partial charge in [-0.2, -0.15) is 0 Å². The molecule has 0 aliphatic carbocycles. The average Bonchev–Trinajstić information content (AvgIpc) is 2.22. The molecule has 0 bridgehead atoms. The van der Waals surface area contributed by atoms with Crippen LogP contribution >= 0.6 is 11.6 Å². The first-order valence-electron chi connectivity index (χ1n) is 6.10. The highest BCUT2D eigenvalue weighted by Crippen LogP contribution is 2.18. The van der Waals surface area contributed by atoms with Crippen LogP contribution in [-0.2, 0) is 6.54 Å². The van der Waals surface area contributed by atoms with E-state index in [-0.39, 0.29) is 16.3 Å². The quantitative estimate of drug-likeness (QED) is 0.856. The van der Waals surface area contributed by atoms with Crippen molar-refractivity contribution in [1.29, 1.82) is 0 Å². The molecule has 0 aromatic heterocycles. The maximum absolute atomic E-state index is 13.7. The lowest BCUT2D eigenvalue weighted by atomic mass is 9.93. The van der Waals surface area contributed by atoms with Crippen LogP contribution in [0.1, 0.15) is 19.4 Å². The van der Waals surface area contributed by atoms with Crippen molar-refractivity contribution in [2.24, 2.45) is 5.41 Å². The largest absolute Gasteiger partial charge is 0.312 e. The first-order chi connectivity index (χ1) is 8.32. The van der Waals surface area contributed by atoms with Crippen molar-refractivity contribution in [3.05, 3.63) is 34.6 Å². The first-order valence-corrected chi connectivity index (χ1v) is 6.48. The second kappa shape index (κ2) is 6.50. The SMILES string of the molecule is CN(C)CC(C)(C)CNCc1cccc(Cl)c1F. The summed E-state index contributed by atoms with van der Waals surface area (Å²) in [7, 11) is 4.11. The molecule has 0 saturated carbocycles. The highest BCUT2D eigenvalue weighted by atomic mass is 35.5. The minimum atomic E-state index is -0.322. The molecule has 18 heavy (non-hydrogen) atoms. The monoisotopic (exact) mass is 272 g/mol. The molecular formula is C14H22ClFN2. The fourth-order valence-electron chi connectivity index (χ4n) is 2.13. The Hall–Kier alpha value is -0.640. The smallest absolute Gasteiger partial charge is 0.146 e. The lowest BCUT2D eigenvalue weighted by molar-refractivity contribution is 0.232. The van der Waals surface area contributed by atoms with Crippen molar-refractivity contribution in [3.8, 4) is 0 Å². The fourth-order valence-corrected chi connectivity index (χ4v) is 2.33. The molecule has 0 heterocycles. The van der Waals surface area contributed by atoms with Gasteiger partial charge in [0, 0.05) is 25.2 Å². The van der Waals surface area contributed by atoms with Crippen LogP contribution in [0, 0.1) is 11.2 Å². The summed E-state index contributed by atoms with van der Waals surface area (Å²) in [5, 5.41) is 3.47. The molecule has 0 unspecified atom stereocenters. The number of halogens is 2. The van der Waals surface area contributed by atoms with Crippen molar-refractivity contribution in [1.82, 2.24) is 10.2 Å². The van der Waals surface area contributed by atoms with E-state index in [9.17, 15) is 4.39 Å². The van der Waals surface area contributed by atoms with Gasteiger partial charge in [0.25, 0.3) is 0 Å². The zero-order valence-corrected chi connectivity index (χ0v) is 12.3. The maximum Gasteiger partial charge on any atom is 0.146 e. The van der Waals surface area contributed by atoms with Crippen molar-refractivity contribution < 1.29 is 4.39 Å². The van der Waals surface area contributed by atoms with Gasteiger partial charge in [0.05, 0.1) is 5.02 Å². The summed E-state index contributed by atoms with van der Waals surface area (Å²) in [5.74, 6) is -0.322. The van der Waals surface area contributed by atoms with Crippen LogP contribution in [0.4, 0.5) is 4.39 Å². The van der Waals surface area contributed by atoms with Gasteiger partial charge in [-0.05, 0) is 25.6 Å². The van der Waals surface area contributed by atoms with E-state index < -0.39 is 0 Å². The summed E-state index contributed by atoms with van der Waals surface area (Å²) in [6.07, 6.45) is 0. The van der Waals surface area contributed by atoms with Crippen LogP contribution in [0.5, 0.6) is 0 Å². The Morgan fingerprint density at radius 3 is 2.61 bits per heavy atom. The zero-order chi connectivity index (χ0) is 13.8. The van der Waals surface area contributed by atoms with Crippen molar-refractivity contribution in [3.63, 3.8) is 0 Å².